The van der Waals surface area contributed by atoms with E-state index in [1.165, 1.54) is 24.3 Å². The zero-order chi connectivity index (χ0) is 19.1. The molecule has 0 aliphatic carbocycles. The van der Waals surface area contributed by atoms with Crippen LogP contribution in [0.2, 0.25) is 0 Å². The Bertz CT molecular complexity index is 788. The van der Waals surface area contributed by atoms with Crippen LogP contribution >= 0.6 is 0 Å². The molecule has 138 valence electrons. The number of halogens is 1. The van der Waals surface area contributed by atoms with E-state index in [-0.39, 0.29) is 36.4 Å². The second-order valence-electron chi connectivity index (χ2n) is 5.65. The number of rotatable bonds is 5. The summed E-state index contributed by atoms with van der Waals surface area (Å²) < 4.78 is 17.9. The maximum atomic E-state index is 12.9. The Balaban J connectivity index is 1.78. The summed E-state index contributed by atoms with van der Waals surface area (Å²) in [6.45, 7) is 3.41. The average Bonchev–Trinajstić information content (AvgIpc) is 3.06. The number of hydrazine groups is 1. The van der Waals surface area contributed by atoms with Crippen molar-refractivity contribution in [2.75, 3.05) is 0 Å². The van der Waals surface area contributed by atoms with Crippen molar-refractivity contribution in [1.29, 1.82) is 0 Å². The number of nitrogens with one attached hydrogen (secondary N) is 3. The minimum Gasteiger partial charge on any atom is -0.346 e. The zero-order valence-corrected chi connectivity index (χ0v) is 14.2. The standard InChI is InChI=1S/C16H18FN5O4/c1-9(2)18-15(24)16(25)21-20-12(23)7-8-13-19-14(22-26-13)10-3-5-11(17)6-4-10/h3-6,9H,7-8H2,1-2H3,(H,18,24)(H,20,23)(H,21,25). The molecule has 1 aromatic heterocycles. The van der Waals surface area contributed by atoms with Crippen LogP contribution < -0.4 is 16.2 Å². The first kappa shape index (κ1) is 19.0. The number of amides is 3. The van der Waals surface area contributed by atoms with E-state index < -0.39 is 17.7 Å². The van der Waals surface area contributed by atoms with Gasteiger partial charge in [-0.25, -0.2) is 4.39 Å². The largest absolute Gasteiger partial charge is 0.346 e. The lowest BCUT2D eigenvalue weighted by Gasteiger charge is -2.09. The van der Waals surface area contributed by atoms with Crippen LogP contribution in [0.4, 0.5) is 4.39 Å². The van der Waals surface area contributed by atoms with Gasteiger partial charge in [-0.15, -0.1) is 0 Å². The normalized spacial score (nSPS) is 10.5. The monoisotopic (exact) mass is 363 g/mol. The van der Waals surface area contributed by atoms with Gasteiger partial charge < -0.3 is 9.84 Å². The van der Waals surface area contributed by atoms with Gasteiger partial charge in [-0.3, -0.25) is 25.2 Å². The van der Waals surface area contributed by atoms with Gasteiger partial charge in [0.15, 0.2) is 0 Å². The minimum atomic E-state index is -0.969. The second-order valence-corrected chi connectivity index (χ2v) is 5.65. The highest BCUT2D eigenvalue weighted by atomic mass is 19.1. The van der Waals surface area contributed by atoms with E-state index in [1.807, 2.05) is 5.43 Å². The van der Waals surface area contributed by atoms with E-state index >= 15 is 0 Å². The van der Waals surface area contributed by atoms with Crippen LogP contribution in [-0.2, 0) is 20.8 Å². The van der Waals surface area contributed by atoms with Crippen LogP contribution in [0, 0.1) is 5.82 Å². The van der Waals surface area contributed by atoms with Gasteiger partial charge in [0.25, 0.3) is 0 Å². The number of hydrogen-bond donors (Lipinski definition) is 3. The van der Waals surface area contributed by atoms with Crippen molar-refractivity contribution < 1.29 is 23.3 Å². The third kappa shape index (κ3) is 5.65. The summed E-state index contributed by atoms with van der Waals surface area (Å²) in [6, 6.07) is 5.37. The molecule has 0 saturated heterocycles. The third-order valence-corrected chi connectivity index (χ3v) is 3.08. The number of carbonyl (C=O) groups excluding carboxylic acids is 3. The quantitative estimate of drug-likeness (QED) is 0.524. The van der Waals surface area contributed by atoms with E-state index in [2.05, 4.69) is 20.9 Å². The van der Waals surface area contributed by atoms with Crippen molar-refractivity contribution >= 4 is 17.7 Å². The maximum Gasteiger partial charge on any atom is 0.327 e. The highest BCUT2D eigenvalue weighted by Gasteiger charge is 2.15. The highest BCUT2D eigenvalue weighted by molar-refractivity contribution is 6.35. The summed E-state index contributed by atoms with van der Waals surface area (Å²) in [5.74, 6) is -2.23. The van der Waals surface area contributed by atoms with Crippen LogP contribution in [0.25, 0.3) is 11.4 Å². The van der Waals surface area contributed by atoms with Crippen LogP contribution in [0.3, 0.4) is 0 Å². The van der Waals surface area contributed by atoms with Gasteiger partial charge in [-0.2, -0.15) is 4.98 Å². The van der Waals surface area contributed by atoms with E-state index in [0.717, 1.165) is 0 Å². The third-order valence-electron chi connectivity index (χ3n) is 3.08. The molecule has 26 heavy (non-hydrogen) atoms. The van der Waals surface area contributed by atoms with Gasteiger partial charge in [-0.05, 0) is 38.1 Å². The molecular formula is C16H18FN5O4. The number of benzene rings is 1. The van der Waals surface area contributed by atoms with Gasteiger partial charge >= 0.3 is 11.8 Å². The lowest BCUT2D eigenvalue weighted by Crippen LogP contribution is -2.49. The van der Waals surface area contributed by atoms with Crippen LogP contribution in [-0.4, -0.2) is 33.9 Å². The molecular weight excluding hydrogens is 345 g/mol. The Morgan fingerprint density at radius 1 is 1.12 bits per heavy atom. The first-order valence-corrected chi connectivity index (χ1v) is 7.83. The molecule has 1 heterocycles. The summed E-state index contributed by atoms with van der Waals surface area (Å²) in [4.78, 5) is 38.6. The average molecular weight is 363 g/mol. The predicted octanol–water partition coefficient (Wildman–Crippen LogP) is 0.480. The molecule has 3 N–H and O–H groups in total. The van der Waals surface area contributed by atoms with Gasteiger partial charge in [-0.1, -0.05) is 5.16 Å². The van der Waals surface area contributed by atoms with Gasteiger partial charge in [0, 0.05) is 24.4 Å². The van der Waals surface area contributed by atoms with Crippen LogP contribution in [0.1, 0.15) is 26.2 Å². The van der Waals surface area contributed by atoms with E-state index in [0.29, 0.717) is 5.56 Å². The Kier molecular flexibility index (Phi) is 6.36. The van der Waals surface area contributed by atoms with Crippen molar-refractivity contribution in [3.63, 3.8) is 0 Å². The molecule has 0 aliphatic heterocycles. The molecule has 0 atom stereocenters. The molecule has 0 spiro atoms. The number of aryl methyl sites for hydroxylation is 1. The molecule has 0 radical (unpaired) electrons. The Hall–Kier alpha value is -3.30. The van der Waals surface area contributed by atoms with Crippen molar-refractivity contribution in [3.8, 4) is 11.4 Å². The molecule has 0 unspecified atom stereocenters. The summed E-state index contributed by atoms with van der Waals surface area (Å²) >= 11 is 0. The molecule has 0 saturated carbocycles. The smallest absolute Gasteiger partial charge is 0.327 e. The topological polar surface area (TPSA) is 126 Å². The second kappa shape index (κ2) is 8.70. The zero-order valence-electron chi connectivity index (χ0n) is 14.2. The SMILES string of the molecule is CC(C)NC(=O)C(=O)NNC(=O)CCc1nc(-c2ccc(F)cc2)no1. The molecule has 2 aromatic rings. The number of nitrogens with zero attached hydrogens (tertiary/aromatic N) is 2. The van der Waals surface area contributed by atoms with Crippen molar-refractivity contribution in [2.24, 2.45) is 0 Å². The van der Waals surface area contributed by atoms with Crippen molar-refractivity contribution in [1.82, 2.24) is 26.3 Å². The fourth-order valence-electron chi connectivity index (χ4n) is 1.87. The summed E-state index contributed by atoms with van der Waals surface area (Å²) in [5, 5.41) is 6.14. The Morgan fingerprint density at radius 2 is 1.81 bits per heavy atom. The first-order chi connectivity index (χ1) is 12.3. The Labute approximate surface area is 148 Å². The summed E-state index contributed by atoms with van der Waals surface area (Å²) in [6.07, 6.45) is 0.0885. The Morgan fingerprint density at radius 3 is 2.46 bits per heavy atom. The van der Waals surface area contributed by atoms with E-state index in [4.69, 9.17) is 4.52 Å². The lowest BCUT2D eigenvalue weighted by atomic mass is 10.2. The maximum absolute atomic E-state index is 12.9. The predicted molar refractivity (Wildman–Crippen MR) is 87.6 cm³/mol. The molecule has 0 bridgehead atoms. The van der Waals surface area contributed by atoms with Crippen LogP contribution in [0.5, 0.6) is 0 Å². The fraction of sp³-hybridized carbons (Fsp3) is 0.312. The highest BCUT2D eigenvalue weighted by Crippen LogP contribution is 2.16. The van der Waals surface area contributed by atoms with Crippen molar-refractivity contribution in [3.05, 3.63) is 36.0 Å². The molecule has 1 aromatic carbocycles. The summed E-state index contributed by atoms with van der Waals surface area (Å²) in [7, 11) is 0. The number of carbonyl (C=O) groups is 3. The van der Waals surface area contributed by atoms with Gasteiger partial charge in [0.1, 0.15) is 5.82 Å². The number of aromatic nitrogens is 2. The molecule has 0 fully saturated rings. The molecule has 10 heteroatoms. The van der Waals surface area contributed by atoms with Crippen LogP contribution in [0.15, 0.2) is 28.8 Å². The van der Waals surface area contributed by atoms with Crippen molar-refractivity contribution in [2.45, 2.75) is 32.7 Å². The fourth-order valence-corrected chi connectivity index (χ4v) is 1.87. The molecule has 9 nitrogen and oxygen atoms in total. The van der Waals surface area contributed by atoms with Gasteiger partial charge in [0.05, 0.1) is 0 Å². The molecule has 0 aliphatic rings. The number of hydrogen-bond acceptors (Lipinski definition) is 6. The van der Waals surface area contributed by atoms with E-state index in [1.54, 1.807) is 13.8 Å². The molecule has 3 amide bonds. The lowest BCUT2D eigenvalue weighted by molar-refractivity contribution is -0.141. The summed E-state index contributed by atoms with van der Waals surface area (Å²) in [5.41, 5.74) is 4.71. The first-order valence-electron chi connectivity index (χ1n) is 7.83. The van der Waals surface area contributed by atoms with Gasteiger partial charge in [0.2, 0.25) is 17.6 Å². The minimum absolute atomic E-state index is 0.0445. The molecule has 2 rings (SSSR count). The van der Waals surface area contributed by atoms with E-state index in [9.17, 15) is 18.8 Å².